The fraction of sp³-hybridized carbons (Fsp3) is 0.143. The lowest BCUT2D eigenvalue weighted by Crippen LogP contribution is -2.15. The van der Waals surface area contributed by atoms with E-state index in [0.717, 1.165) is 0 Å². The van der Waals surface area contributed by atoms with Gasteiger partial charge in [-0.25, -0.2) is 13.4 Å². The van der Waals surface area contributed by atoms with Crippen LogP contribution in [0, 0.1) is 0 Å². The van der Waals surface area contributed by atoms with Crippen molar-refractivity contribution in [3.8, 4) is 5.75 Å². The summed E-state index contributed by atoms with van der Waals surface area (Å²) < 4.78 is 32.7. The molecular weight excluding hydrogens is 461 g/mol. The molecule has 0 saturated heterocycles. The molecule has 10 heteroatoms. The highest BCUT2D eigenvalue weighted by molar-refractivity contribution is 7.92. The molecule has 7 nitrogen and oxygen atoms in total. The van der Waals surface area contributed by atoms with Gasteiger partial charge in [0.2, 0.25) is 5.91 Å². The highest BCUT2D eigenvalue weighted by atomic mass is 35.5. The van der Waals surface area contributed by atoms with Crippen molar-refractivity contribution >= 4 is 50.6 Å². The van der Waals surface area contributed by atoms with Crippen LogP contribution in [0.1, 0.15) is 12.8 Å². The maximum atomic E-state index is 12.4. The first kappa shape index (κ1) is 22.9. The Morgan fingerprint density at radius 1 is 1.03 bits per heavy atom. The van der Waals surface area contributed by atoms with Gasteiger partial charge in [0.05, 0.1) is 16.5 Å². The molecule has 162 valence electrons. The summed E-state index contributed by atoms with van der Waals surface area (Å²) in [6.07, 6.45) is 2.20. The first-order valence-corrected chi connectivity index (χ1v) is 11.5. The lowest BCUT2D eigenvalue weighted by atomic mass is 10.2. The van der Waals surface area contributed by atoms with Crippen LogP contribution in [0.25, 0.3) is 0 Å². The number of rotatable bonds is 9. The Hall–Kier alpha value is -2.81. The number of aromatic nitrogens is 1. The van der Waals surface area contributed by atoms with Gasteiger partial charge in [0.25, 0.3) is 10.0 Å². The molecule has 0 saturated carbocycles. The number of hydrogen-bond donors (Lipinski definition) is 2. The number of carbonyl (C=O) groups is 1. The number of pyridine rings is 1. The van der Waals surface area contributed by atoms with Gasteiger partial charge < -0.3 is 10.1 Å². The number of ether oxygens (including phenoxy) is 1. The summed E-state index contributed by atoms with van der Waals surface area (Å²) in [5.41, 5.74) is 0.489. The van der Waals surface area contributed by atoms with E-state index in [4.69, 9.17) is 27.9 Å². The molecular formula is C21H19Cl2N3O4S. The number of halogens is 2. The maximum absolute atomic E-state index is 12.4. The second kappa shape index (κ2) is 10.5. The maximum Gasteiger partial charge on any atom is 0.263 e. The minimum absolute atomic E-state index is 0.0596. The van der Waals surface area contributed by atoms with Gasteiger partial charge in [-0.05, 0) is 61.0 Å². The standard InChI is InChI=1S/C21H19Cl2N3O4S/c22-15-6-11-19(18(23)14-15)30-13-3-5-21(27)25-16-7-9-17(10-8-16)31(28,29)26-20-4-1-2-12-24-20/h1-2,4,6-12,14H,3,5,13H2,(H,24,26)(H,25,27). The molecule has 0 atom stereocenters. The van der Waals surface area contributed by atoms with Crippen molar-refractivity contribution in [2.45, 2.75) is 17.7 Å². The van der Waals surface area contributed by atoms with Crippen molar-refractivity contribution < 1.29 is 17.9 Å². The van der Waals surface area contributed by atoms with Crippen LogP contribution < -0.4 is 14.8 Å². The van der Waals surface area contributed by atoms with Gasteiger partial charge in [-0.15, -0.1) is 0 Å². The molecule has 0 aliphatic rings. The molecule has 0 unspecified atom stereocenters. The van der Waals surface area contributed by atoms with Crippen LogP contribution in [0.5, 0.6) is 5.75 Å². The van der Waals surface area contributed by atoms with E-state index in [1.54, 1.807) is 36.4 Å². The zero-order chi connectivity index (χ0) is 22.3. The summed E-state index contributed by atoms with van der Waals surface area (Å²) in [5.74, 6) is 0.512. The summed E-state index contributed by atoms with van der Waals surface area (Å²) >= 11 is 11.9. The molecule has 0 spiro atoms. The molecule has 0 radical (unpaired) electrons. The number of sulfonamides is 1. The number of carbonyl (C=O) groups excluding carboxylic acids is 1. The van der Waals surface area contributed by atoms with Crippen LogP contribution in [0.15, 0.2) is 71.8 Å². The molecule has 0 aliphatic carbocycles. The molecule has 2 N–H and O–H groups in total. The Morgan fingerprint density at radius 2 is 1.81 bits per heavy atom. The molecule has 0 bridgehead atoms. The summed E-state index contributed by atoms with van der Waals surface area (Å²) in [5, 5.41) is 3.65. The first-order valence-electron chi connectivity index (χ1n) is 9.25. The Morgan fingerprint density at radius 3 is 2.48 bits per heavy atom. The normalized spacial score (nSPS) is 11.0. The van der Waals surface area contributed by atoms with E-state index < -0.39 is 10.0 Å². The van der Waals surface area contributed by atoms with Gasteiger partial charge in [0.1, 0.15) is 11.6 Å². The predicted molar refractivity (Wildman–Crippen MR) is 121 cm³/mol. The minimum Gasteiger partial charge on any atom is -0.492 e. The molecule has 3 rings (SSSR count). The van der Waals surface area contributed by atoms with E-state index in [0.29, 0.717) is 34.5 Å². The van der Waals surface area contributed by atoms with Crippen molar-refractivity contribution in [2.75, 3.05) is 16.6 Å². The summed E-state index contributed by atoms with van der Waals surface area (Å²) in [6, 6.07) is 15.7. The lowest BCUT2D eigenvalue weighted by Gasteiger charge is -2.10. The largest absolute Gasteiger partial charge is 0.492 e. The van der Waals surface area contributed by atoms with Crippen LogP contribution in [-0.2, 0) is 14.8 Å². The summed E-state index contributed by atoms with van der Waals surface area (Å²) in [4.78, 5) is 16.1. The van der Waals surface area contributed by atoms with Crippen LogP contribution in [0.4, 0.5) is 11.5 Å². The van der Waals surface area contributed by atoms with Crippen LogP contribution in [0.2, 0.25) is 10.0 Å². The fourth-order valence-corrected chi connectivity index (χ4v) is 4.04. The van der Waals surface area contributed by atoms with E-state index in [1.165, 1.54) is 30.5 Å². The van der Waals surface area contributed by atoms with Gasteiger partial charge in [-0.3, -0.25) is 9.52 Å². The average molecular weight is 480 g/mol. The zero-order valence-corrected chi connectivity index (χ0v) is 18.5. The topological polar surface area (TPSA) is 97.4 Å². The summed E-state index contributed by atoms with van der Waals surface area (Å²) in [7, 11) is -3.77. The van der Waals surface area contributed by atoms with Crippen molar-refractivity contribution in [1.29, 1.82) is 0 Å². The molecule has 1 heterocycles. The van der Waals surface area contributed by atoms with E-state index in [2.05, 4.69) is 15.0 Å². The van der Waals surface area contributed by atoms with Crippen molar-refractivity contribution in [2.24, 2.45) is 0 Å². The fourth-order valence-electron chi connectivity index (χ4n) is 2.57. The molecule has 0 fully saturated rings. The minimum atomic E-state index is -3.77. The van der Waals surface area contributed by atoms with Crippen molar-refractivity contribution in [3.05, 3.63) is 76.9 Å². The molecule has 2 aromatic carbocycles. The SMILES string of the molecule is O=C(CCCOc1ccc(Cl)cc1Cl)Nc1ccc(S(=O)(=O)Nc2ccccn2)cc1. The van der Waals surface area contributed by atoms with E-state index in [9.17, 15) is 13.2 Å². The molecule has 1 amide bonds. The second-order valence-corrected chi connectivity index (χ2v) is 8.95. The Kier molecular flexibility index (Phi) is 7.73. The third-order valence-electron chi connectivity index (χ3n) is 4.05. The highest BCUT2D eigenvalue weighted by Gasteiger charge is 2.15. The number of nitrogens with one attached hydrogen (secondary N) is 2. The number of amides is 1. The zero-order valence-electron chi connectivity index (χ0n) is 16.2. The van der Waals surface area contributed by atoms with E-state index in [-0.39, 0.29) is 23.0 Å². The van der Waals surface area contributed by atoms with Gasteiger partial charge in [0, 0.05) is 23.3 Å². The van der Waals surface area contributed by atoms with E-state index in [1.807, 2.05) is 0 Å². The number of anilines is 2. The van der Waals surface area contributed by atoms with Crippen LogP contribution in [0.3, 0.4) is 0 Å². The van der Waals surface area contributed by atoms with Crippen LogP contribution >= 0.6 is 23.2 Å². The molecule has 31 heavy (non-hydrogen) atoms. The Balaban J connectivity index is 1.47. The lowest BCUT2D eigenvalue weighted by molar-refractivity contribution is -0.116. The summed E-state index contributed by atoms with van der Waals surface area (Å²) in [6.45, 7) is 0.311. The van der Waals surface area contributed by atoms with Crippen LogP contribution in [-0.4, -0.2) is 25.9 Å². The second-order valence-electron chi connectivity index (χ2n) is 6.42. The van der Waals surface area contributed by atoms with Gasteiger partial charge >= 0.3 is 0 Å². The number of benzene rings is 2. The predicted octanol–water partition coefficient (Wildman–Crippen LogP) is 4.99. The highest BCUT2D eigenvalue weighted by Crippen LogP contribution is 2.27. The molecule has 3 aromatic rings. The Labute approximate surface area is 190 Å². The number of nitrogens with zero attached hydrogens (tertiary/aromatic N) is 1. The van der Waals surface area contributed by atoms with Gasteiger partial charge in [-0.1, -0.05) is 29.3 Å². The Bertz CT molecular complexity index is 1140. The smallest absolute Gasteiger partial charge is 0.263 e. The van der Waals surface area contributed by atoms with E-state index >= 15 is 0 Å². The number of hydrogen-bond acceptors (Lipinski definition) is 5. The average Bonchev–Trinajstić information content (AvgIpc) is 2.73. The monoisotopic (exact) mass is 479 g/mol. The van der Waals surface area contributed by atoms with Gasteiger partial charge in [-0.2, -0.15) is 0 Å². The quantitative estimate of drug-likeness (QED) is 0.421. The third-order valence-corrected chi connectivity index (χ3v) is 5.95. The van der Waals surface area contributed by atoms with Crippen molar-refractivity contribution in [3.63, 3.8) is 0 Å². The third kappa shape index (κ3) is 6.85. The first-order chi connectivity index (χ1) is 14.8. The van der Waals surface area contributed by atoms with Gasteiger partial charge in [0.15, 0.2) is 0 Å². The molecule has 0 aliphatic heterocycles. The van der Waals surface area contributed by atoms with Crippen molar-refractivity contribution in [1.82, 2.24) is 4.98 Å². The molecule has 1 aromatic heterocycles.